The number of aryl methyl sites for hydroxylation is 1. The zero-order valence-electron chi connectivity index (χ0n) is 11.9. The highest BCUT2D eigenvalue weighted by Crippen LogP contribution is 2.31. The van der Waals surface area contributed by atoms with Gasteiger partial charge in [0.15, 0.2) is 0 Å². The van der Waals surface area contributed by atoms with Crippen molar-refractivity contribution in [2.45, 2.75) is 20.0 Å². The fraction of sp³-hybridized carbons (Fsp3) is 0.176. The van der Waals surface area contributed by atoms with Crippen LogP contribution in [0.4, 0.5) is 0 Å². The zero-order valence-corrected chi connectivity index (χ0v) is 11.9. The molecule has 1 aromatic carbocycles. The SMILES string of the molecule is Cc1ccc(-c2c(/C=C/C(C)O)nnc3ccccc23)o1. The Hall–Kier alpha value is -2.46. The van der Waals surface area contributed by atoms with Gasteiger partial charge in [0.2, 0.25) is 0 Å². The van der Waals surface area contributed by atoms with Gasteiger partial charge in [0.1, 0.15) is 11.5 Å². The molecule has 0 aliphatic carbocycles. The summed E-state index contributed by atoms with van der Waals surface area (Å²) >= 11 is 0. The van der Waals surface area contributed by atoms with Crippen LogP contribution in [-0.2, 0) is 0 Å². The maximum absolute atomic E-state index is 9.43. The number of nitrogens with zero attached hydrogens (tertiary/aromatic N) is 2. The Kier molecular flexibility index (Phi) is 3.54. The summed E-state index contributed by atoms with van der Waals surface area (Å²) in [7, 11) is 0. The lowest BCUT2D eigenvalue weighted by atomic mass is 10.0. The molecule has 0 spiro atoms. The first-order chi connectivity index (χ1) is 10.1. The van der Waals surface area contributed by atoms with Crippen LogP contribution in [-0.4, -0.2) is 21.4 Å². The summed E-state index contributed by atoms with van der Waals surface area (Å²) in [5, 5.41) is 18.9. The predicted octanol–water partition coefficient (Wildman–Crippen LogP) is 3.59. The van der Waals surface area contributed by atoms with Crippen LogP contribution in [0.3, 0.4) is 0 Å². The van der Waals surface area contributed by atoms with Gasteiger partial charge in [-0.1, -0.05) is 24.3 Å². The van der Waals surface area contributed by atoms with Gasteiger partial charge in [-0.15, -0.1) is 10.2 Å². The highest BCUT2D eigenvalue weighted by molar-refractivity contribution is 5.96. The minimum absolute atomic E-state index is 0.538. The second-order valence-corrected chi connectivity index (χ2v) is 4.99. The molecule has 2 heterocycles. The fourth-order valence-electron chi connectivity index (χ4n) is 2.24. The topological polar surface area (TPSA) is 59.2 Å². The molecule has 0 radical (unpaired) electrons. The van der Waals surface area contributed by atoms with Gasteiger partial charge in [0, 0.05) is 5.39 Å². The molecule has 0 aliphatic rings. The minimum atomic E-state index is -0.538. The van der Waals surface area contributed by atoms with Gasteiger partial charge in [-0.05, 0) is 38.1 Å². The average molecular weight is 280 g/mol. The average Bonchev–Trinajstić information content (AvgIpc) is 2.90. The summed E-state index contributed by atoms with van der Waals surface area (Å²) in [5.41, 5.74) is 2.39. The van der Waals surface area contributed by atoms with Crippen LogP contribution in [0.1, 0.15) is 18.4 Å². The van der Waals surface area contributed by atoms with Gasteiger partial charge in [-0.25, -0.2) is 0 Å². The number of hydrogen-bond donors (Lipinski definition) is 1. The van der Waals surface area contributed by atoms with E-state index in [9.17, 15) is 5.11 Å². The van der Waals surface area contributed by atoms with Crippen LogP contribution < -0.4 is 0 Å². The molecule has 4 nitrogen and oxygen atoms in total. The van der Waals surface area contributed by atoms with Gasteiger partial charge < -0.3 is 9.52 Å². The molecule has 106 valence electrons. The summed E-state index contributed by atoms with van der Waals surface area (Å²) < 4.78 is 5.76. The molecular formula is C17H16N2O2. The molecule has 3 aromatic rings. The Labute approximate surface area is 122 Å². The maximum atomic E-state index is 9.43. The maximum Gasteiger partial charge on any atom is 0.137 e. The molecule has 4 heteroatoms. The molecule has 0 bridgehead atoms. The summed E-state index contributed by atoms with van der Waals surface area (Å²) in [5.74, 6) is 1.60. The normalized spacial score (nSPS) is 13.1. The lowest BCUT2D eigenvalue weighted by Gasteiger charge is -2.07. The number of fused-ring (bicyclic) bond motifs is 1. The van der Waals surface area contributed by atoms with Crippen molar-refractivity contribution < 1.29 is 9.52 Å². The van der Waals surface area contributed by atoms with Crippen molar-refractivity contribution in [1.29, 1.82) is 0 Å². The van der Waals surface area contributed by atoms with Crippen LogP contribution in [0.2, 0.25) is 0 Å². The number of aromatic nitrogens is 2. The molecule has 0 amide bonds. The van der Waals surface area contributed by atoms with Crippen LogP contribution in [0.25, 0.3) is 28.3 Å². The second kappa shape index (κ2) is 5.50. The van der Waals surface area contributed by atoms with E-state index in [1.165, 1.54) is 0 Å². The molecule has 0 saturated heterocycles. The first-order valence-corrected chi connectivity index (χ1v) is 6.83. The number of aliphatic hydroxyl groups excluding tert-OH is 1. The molecule has 21 heavy (non-hydrogen) atoms. The minimum Gasteiger partial charge on any atom is -0.461 e. The van der Waals surface area contributed by atoms with Crippen molar-refractivity contribution in [3.63, 3.8) is 0 Å². The molecule has 1 unspecified atom stereocenters. The van der Waals surface area contributed by atoms with Crippen molar-refractivity contribution in [3.05, 3.63) is 53.9 Å². The monoisotopic (exact) mass is 280 g/mol. The van der Waals surface area contributed by atoms with Crippen molar-refractivity contribution >= 4 is 17.0 Å². The van der Waals surface area contributed by atoms with E-state index in [4.69, 9.17) is 4.42 Å². The third-order valence-electron chi connectivity index (χ3n) is 3.21. The lowest BCUT2D eigenvalue weighted by Crippen LogP contribution is -1.96. The van der Waals surface area contributed by atoms with E-state index in [1.54, 1.807) is 19.1 Å². The Bertz CT molecular complexity index is 803. The predicted molar refractivity (Wildman–Crippen MR) is 82.7 cm³/mol. The highest BCUT2D eigenvalue weighted by Gasteiger charge is 2.14. The Balaban J connectivity index is 2.27. The van der Waals surface area contributed by atoms with Gasteiger partial charge in [0.25, 0.3) is 0 Å². The van der Waals surface area contributed by atoms with Crippen LogP contribution in [0.15, 0.2) is 46.9 Å². The van der Waals surface area contributed by atoms with Crippen LogP contribution in [0, 0.1) is 6.92 Å². The van der Waals surface area contributed by atoms with E-state index in [0.29, 0.717) is 5.69 Å². The number of rotatable bonds is 3. The quantitative estimate of drug-likeness (QED) is 0.796. The molecule has 2 aromatic heterocycles. The molecular weight excluding hydrogens is 264 g/mol. The standard InChI is InChI=1S/C17H16N2O2/c1-11(20)7-9-15-17(16-10-8-12(2)21-16)13-5-3-4-6-14(13)18-19-15/h3-11,20H,1-2H3/b9-7+. The van der Waals surface area contributed by atoms with E-state index in [1.807, 2.05) is 43.3 Å². The molecule has 0 saturated carbocycles. The summed E-state index contributed by atoms with van der Waals surface area (Å²) in [6.07, 6.45) is 2.92. The second-order valence-electron chi connectivity index (χ2n) is 4.99. The fourth-order valence-corrected chi connectivity index (χ4v) is 2.24. The molecule has 1 N–H and O–H groups in total. The van der Waals surface area contributed by atoms with Crippen LogP contribution in [0.5, 0.6) is 0 Å². The van der Waals surface area contributed by atoms with Crippen molar-refractivity contribution in [1.82, 2.24) is 10.2 Å². The van der Waals surface area contributed by atoms with E-state index < -0.39 is 6.10 Å². The molecule has 0 fully saturated rings. The molecule has 3 rings (SSSR count). The van der Waals surface area contributed by atoms with Gasteiger partial charge in [-0.3, -0.25) is 0 Å². The first-order valence-electron chi connectivity index (χ1n) is 6.83. The van der Waals surface area contributed by atoms with E-state index in [2.05, 4.69) is 10.2 Å². The first kappa shape index (κ1) is 13.5. The Morgan fingerprint density at radius 3 is 2.67 bits per heavy atom. The summed E-state index contributed by atoms with van der Waals surface area (Å²) in [6.45, 7) is 3.60. The Morgan fingerprint density at radius 1 is 1.14 bits per heavy atom. The lowest BCUT2D eigenvalue weighted by molar-refractivity contribution is 0.245. The number of aliphatic hydroxyl groups is 1. The van der Waals surface area contributed by atoms with E-state index >= 15 is 0 Å². The van der Waals surface area contributed by atoms with E-state index in [0.717, 1.165) is 28.0 Å². The zero-order chi connectivity index (χ0) is 14.8. The van der Waals surface area contributed by atoms with Gasteiger partial charge in [0.05, 0.1) is 22.9 Å². The summed E-state index contributed by atoms with van der Waals surface area (Å²) in [6, 6.07) is 11.7. The van der Waals surface area contributed by atoms with Crippen molar-refractivity contribution in [2.75, 3.05) is 0 Å². The third-order valence-corrected chi connectivity index (χ3v) is 3.21. The number of furan rings is 1. The highest BCUT2D eigenvalue weighted by atomic mass is 16.3. The molecule has 1 atom stereocenters. The smallest absolute Gasteiger partial charge is 0.137 e. The van der Waals surface area contributed by atoms with Crippen molar-refractivity contribution in [2.24, 2.45) is 0 Å². The summed E-state index contributed by atoms with van der Waals surface area (Å²) in [4.78, 5) is 0. The third kappa shape index (κ3) is 2.71. The van der Waals surface area contributed by atoms with E-state index in [-0.39, 0.29) is 0 Å². The van der Waals surface area contributed by atoms with Crippen molar-refractivity contribution in [3.8, 4) is 11.3 Å². The molecule has 0 aliphatic heterocycles. The number of benzene rings is 1. The largest absolute Gasteiger partial charge is 0.461 e. The number of hydrogen-bond acceptors (Lipinski definition) is 4. The van der Waals surface area contributed by atoms with Gasteiger partial charge in [-0.2, -0.15) is 0 Å². The van der Waals surface area contributed by atoms with Gasteiger partial charge >= 0.3 is 0 Å². The Morgan fingerprint density at radius 2 is 1.95 bits per heavy atom. The van der Waals surface area contributed by atoms with Crippen LogP contribution >= 0.6 is 0 Å².